The van der Waals surface area contributed by atoms with E-state index in [0.29, 0.717) is 31.7 Å². The lowest BCUT2D eigenvalue weighted by Crippen LogP contribution is -2.44. The maximum atomic E-state index is 13.7. The van der Waals surface area contributed by atoms with Crippen molar-refractivity contribution in [3.05, 3.63) is 102 Å². The second-order valence-electron chi connectivity index (χ2n) is 9.67. The fraction of sp³-hybridized carbons (Fsp3) is 0.290. The van der Waals surface area contributed by atoms with Crippen LogP contribution in [0.4, 0.5) is 4.39 Å². The fourth-order valence-corrected chi connectivity index (χ4v) is 4.72. The first-order valence-electron chi connectivity index (χ1n) is 13.1. The Bertz CT molecular complexity index is 1390. The number of hydrogen-bond donors (Lipinski definition) is 1. The van der Waals surface area contributed by atoms with Crippen molar-refractivity contribution >= 4 is 22.7 Å². The number of H-pyrrole nitrogens is 1. The van der Waals surface area contributed by atoms with Gasteiger partial charge in [-0.2, -0.15) is 0 Å². The summed E-state index contributed by atoms with van der Waals surface area (Å²) in [6.07, 6.45) is 4.42. The van der Waals surface area contributed by atoms with Gasteiger partial charge in [0.25, 0.3) is 5.91 Å². The van der Waals surface area contributed by atoms with Crippen LogP contribution in [0.25, 0.3) is 10.9 Å². The van der Waals surface area contributed by atoms with E-state index in [2.05, 4.69) is 11.1 Å². The third-order valence-electron chi connectivity index (χ3n) is 6.93. The number of halogens is 1. The molecule has 1 aliphatic carbocycles. The van der Waals surface area contributed by atoms with Crippen LogP contribution in [-0.2, 0) is 17.8 Å². The zero-order valence-electron chi connectivity index (χ0n) is 21.5. The SMILES string of the molecule is CCOc1ccc(CN(CCc2c[nH]c3ccccc23)C(=O)CN(C(=O)c2ccc(F)cc2)C2CC2)cc1. The molecule has 38 heavy (non-hydrogen) atoms. The van der Waals surface area contributed by atoms with Crippen LogP contribution in [-0.4, -0.2) is 52.3 Å². The van der Waals surface area contributed by atoms with Crippen molar-refractivity contribution in [3.8, 4) is 5.75 Å². The van der Waals surface area contributed by atoms with Crippen molar-refractivity contribution in [2.24, 2.45) is 0 Å². The van der Waals surface area contributed by atoms with Crippen LogP contribution in [0, 0.1) is 5.82 Å². The smallest absolute Gasteiger partial charge is 0.254 e. The minimum atomic E-state index is -0.394. The Hall–Kier alpha value is -4.13. The molecule has 196 valence electrons. The maximum Gasteiger partial charge on any atom is 0.254 e. The van der Waals surface area contributed by atoms with Crippen LogP contribution in [0.15, 0.2) is 79.0 Å². The number of aromatic nitrogens is 1. The van der Waals surface area contributed by atoms with Crippen LogP contribution in [0.3, 0.4) is 0 Å². The van der Waals surface area contributed by atoms with E-state index in [9.17, 15) is 14.0 Å². The van der Waals surface area contributed by atoms with Gasteiger partial charge in [0.2, 0.25) is 5.91 Å². The summed E-state index contributed by atoms with van der Waals surface area (Å²) in [7, 11) is 0. The minimum Gasteiger partial charge on any atom is -0.494 e. The normalized spacial score (nSPS) is 12.9. The summed E-state index contributed by atoms with van der Waals surface area (Å²) in [5, 5.41) is 1.15. The highest BCUT2D eigenvalue weighted by Gasteiger charge is 2.35. The monoisotopic (exact) mass is 513 g/mol. The Kier molecular flexibility index (Phi) is 7.73. The molecule has 2 amide bonds. The standard InChI is InChI=1S/C31H32FN3O3/c1-2-38-27-15-7-22(8-16-27)20-34(18-17-24-19-33-29-6-4-3-5-28(24)29)30(36)21-35(26-13-14-26)31(37)23-9-11-25(32)12-10-23/h3-12,15-16,19,26,33H,2,13-14,17-18,20-21H2,1H3. The van der Waals surface area contributed by atoms with Crippen molar-refractivity contribution < 1.29 is 18.7 Å². The van der Waals surface area contributed by atoms with Gasteiger partial charge < -0.3 is 19.5 Å². The average molecular weight is 514 g/mol. The van der Waals surface area contributed by atoms with Gasteiger partial charge in [0, 0.05) is 41.8 Å². The molecule has 1 saturated carbocycles. The van der Waals surface area contributed by atoms with Crippen molar-refractivity contribution in [3.63, 3.8) is 0 Å². The molecule has 0 radical (unpaired) electrons. The number of amides is 2. The maximum absolute atomic E-state index is 13.7. The number of aromatic amines is 1. The van der Waals surface area contributed by atoms with Gasteiger partial charge in [-0.1, -0.05) is 30.3 Å². The molecular formula is C31H32FN3O3. The van der Waals surface area contributed by atoms with E-state index >= 15 is 0 Å². The Labute approximate surface area is 222 Å². The Morgan fingerprint density at radius 2 is 1.74 bits per heavy atom. The molecule has 0 bridgehead atoms. The Morgan fingerprint density at radius 1 is 1.00 bits per heavy atom. The quantitative estimate of drug-likeness (QED) is 0.285. The molecule has 5 rings (SSSR count). The third kappa shape index (κ3) is 6.05. The number of ether oxygens (including phenoxy) is 1. The van der Waals surface area contributed by atoms with E-state index in [4.69, 9.17) is 4.74 Å². The number of fused-ring (bicyclic) bond motifs is 1. The number of carbonyl (C=O) groups excluding carboxylic acids is 2. The molecular weight excluding hydrogens is 481 g/mol. The van der Waals surface area contributed by atoms with Crippen molar-refractivity contribution in [1.82, 2.24) is 14.8 Å². The minimum absolute atomic E-state index is 0.00814. The van der Waals surface area contributed by atoms with Gasteiger partial charge in [-0.05, 0) is 79.8 Å². The number of carbonyl (C=O) groups is 2. The van der Waals surface area contributed by atoms with E-state index < -0.39 is 5.82 Å². The third-order valence-corrected chi connectivity index (χ3v) is 6.93. The number of rotatable bonds is 11. The summed E-state index contributed by atoms with van der Waals surface area (Å²) < 4.78 is 19.0. The lowest BCUT2D eigenvalue weighted by Gasteiger charge is -2.28. The summed E-state index contributed by atoms with van der Waals surface area (Å²) in [5.74, 6) is 0.0479. The van der Waals surface area contributed by atoms with E-state index in [1.165, 1.54) is 24.3 Å². The zero-order chi connectivity index (χ0) is 26.5. The van der Waals surface area contributed by atoms with Crippen LogP contribution in [0.5, 0.6) is 5.75 Å². The second-order valence-corrected chi connectivity index (χ2v) is 9.67. The Balaban J connectivity index is 1.34. The lowest BCUT2D eigenvalue weighted by atomic mass is 10.1. The summed E-state index contributed by atoms with van der Waals surface area (Å²) in [6.45, 7) is 3.46. The van der Waals surface area contributed by atoms with E-state index in [1.54, 1.807) is 4.90 Å². The molecule has 1 heterocycles. The summed E-state index contributed by atoms with van der Waals surface area (Å²) in [5.41, 5.74) is 3.59. The lowest BCUT2D eigenvalue weighted by molar-refractivity contribution is -0.132. The summed E-state index contributed by atoms with van der Waals surface area (Å²) >= 11 is 0. The molecule has 0 spiro atoms. The van der Waals surface area contributed by atoms with Crippen LogP contribution < -0.4 is 4.74 Å². The molecule has 6 nitrogen and oxygen atoms in total. The molecule has 1 N–H and O–H groups in total. The molecule has 0 unspecified atom stereocenters. The molecule has 0 saturated heterocycles. The topological polar surface area (TPSA) is 65.6 Å². The van der Waals surface area contributed by atoms with Crippen molar-refractivity contribution in [1.29, 1.82) is 0 Å². The highest BCUT2D eigenvalue weighted by Crippen LogP contribution is 2.29. The molecule has 3 aromatic carbocycles. The molecule has 0 aliphatic heterocycles. The van der Waals surface area contributed by atoms with Gasteiger partial charge in [0.05, 0.1) is 6.61 Å². The van der Waals surface area contributed by atoms with E-state index in [0.717, 1.165) is 40.6 Å². The van der Waals surface area contributed by atoms with Crippen LogP contribution in [0.2, 0.25) is 0 Å². The highest BCUT2D eigenvalue weighted by molar-refractivity contribution is 5.97. The first-order chi connectivity index (χ1) is 18.5. The average Bonchev–Trinajstić information content (AvgIpc) is 3.70. The van der Waals surface area contributed by atoms with Gasteiger partial charge in [0.15, 0.2) is 0 Å². The molecule has 1 aromatic heterocycles. The van der Waals surface area contributed by atoms with Gasteiger partial charge in [-0.15, -0.1) is 0 Å². The predicted octanol–water partition coefficient (Wildman–Crippen LogP) is 5.58. The van der Waals surface area contributed by atoms with Gasteiger partial charge in [0.1, 0.15) is 18.1 Å². The van der Waals surface area contributed by atoms with Gasteiger partial charge in [-0.25, -0.2) is 4.39 Å². The number of para-hydroxylation sites is 1. The molecule has 1 aliphatic rings. The van der Waals surface area contributed by atoms with Gasteiger partial charge in [-0.3, -0.25) is 9.59 Å². The largest absolute Gasteiger partial charge is 0.494 e. The fourth-order valence-electron chi connectivity index (χ4n) is 4.72. The molecule has 1 fully saturated rings. The molecule has 4 aromatic rings. The van der Waals surface area contributed by atoms with E-state index in [1.807, 2.05) is 60.5 Å². The Morgan fingerprint density at radius 3 is 2.45 bits per heavy atom. The molecule has 0 atom stereocenters. The van der Waals surface area contributed by atoms with Crippen molar-refractivity contribution in [2.75, 3.05) is 19.7 Å². The zero-order valence-corrected chi connectivity index (χ0v) is 21.5. The summed E-state index contributed by atoms with van der Waals surface area (Å²) in [6, 6.07) is 21.4. The number of benzene rings is 3. The second kappa shape index (κ2) is 11.5. The number of nitrogens with one attached hydrogen (secondary N) is 1. The first kappa shape index (κ1) is 25.5. The van der Waals surface area contributed by atoms with Crippen LogP contribution in [0.1, 0.15) is 41.3 Å². The summed E-state index contributed by atoms with van der Waals surface area (Å²) in [4.78, 5) is 33.7. The highest BCUT2D eigenvalue weighted by atomic mass is 19.1. The molecule has 7 heteroatoms. The van der Waals surface area contributed by atoms with Crippen LogP contribution >= 0.6 is 0 Å². The van der Waals surface area contributed by atoms with Crippen molar-refractivity contribution in [2.45, 2.75) is 38.8 Å². The first-order valence-corrected chi connectivity index (χ1v) is 13.1. The number of nitrogens with zero attached hydrogens (tertiary/aromatic N) is 2. The van der Waals surface area contributed by atoms with E-state index in [-0.39, 0.29) is 24.4 Å². The van der Waals surface area contributed by atoms with Gasteiger partial charge >= 0.3 is 0 Å². The number of hydrogen-bond acceptors (Lipinski definition) is 3. The predicted molar refractivity (Wildman–Crippen MR) is 145 cm³/mol.